The van der Waals surface area contributed by atoms with Crippen molar-refractivity contribution in [2.75, 3.05) is 5.73 Å². The van der Waals surface area contributed by atoms with E-state index in [2.05, 4.69) is 0 Å². The molecule has 0 aliphatic heterocycles. The van der Waals surface area contributed by atoms with Gasteiger partial charge in [0.25, 0.3) is 0 Å². The minimum Gasteiger partial charge on any atom is -0.398 e. The summed E-state index contributed by atoms with van der Waals surface area (Å²) in [5.41, 5.74) is 12.2. The first-order valence-corrected chi connectivity index (χ1v) is 5.87. The van der Waals surface area contributed by atoms with Crippen molar-refractivity contribution in [2.45, 2.75) is 0 Å². The molecule has 0 unspecified atom stereocenters. The molecule has 0 heterocycles. The number of carbonyl (C=O) groups is 2. The summed E-state index contributed by atoms with van der Waals surface area (Å²) in [7, 11) is 0. The lowest BCUT2D eigenvalue weighted by atomic mass is 10.0. The molecule has 0 atom stereocenters. The molecule has 2 aromatic carbocycles. The zero-order valence-corrected chi connectivity index (χ0v) is 10.6. The Morgan fingerprint density at radius 2 is 1.68 bits per heavy atom. The summed E-state index contributed by atoms with van der Waals surface area (Å²) in [6.45, 7) is 0. The first-order chi connectivity index (χ1) is 9.00. The normalized spacial score (nSPS) is 10.2. The average molecular weight is 275 g/mol. The van der Waals surface area contributed by atoms with E-state index in [0.717, 1.165) is 0 Å². The number of halogens is 1. The van der Waals surface area contributed by atoms with Gasteiger partial charge in [-0.15, -0.1) is 0 Å². The third kappa shape index (κ3) is 2.58. The van der Waals surface area contributed by atoms with Crippen LogP contribution in [0.4, 0.5) is 5.69 Å². The first-order valence-electron chi connectivity index (χ1n) is 5.49. The van der Waals surface area contributed by atoms with Crippen molar-refractivity contribution < 1.29 is 9.59 Å². The molecule has 0 aromatic heterocycles. The van der Waals surface area contributed by atoms with Crippen LogP contribution in [0.1, 0.15) is 26.3 Å². The number of benzene rings is 2. The number of nitrogen functional groups attached to an aromatic ring is 1. The van der Waals surface area contributed by atoms with Gasteiger partial charge in [-0.2, -0.15) is 0 Å². The molecule has 2 aromatic rings. The molecule has 19 heavy (non-hydrogen) atoms. The lowest BCUT2D eigenvalue weighted by Gasteiger charge is -2.06. The van der Waals surface area contributed by atoms with E-state index < -0.39 is 5.91 Å². The summed E-state index contributed by atoms with van der Waals surface area (Å²) in [5, 5.41) is 0.146. The third-order valence-corrected chi connectivity index (χ3v) is 3.01. The van der Waals surface area contributed by atoms with Crippen molar-refractivity contribution in [3.8, 4) is 0 Å². The average Bonchev–Trinajstić information content (AvgIpc) is 2.38. The van der Waals surface area contributed by atoms with Crippen molar-refractivity contribution in [1.82, 2.24) is 0 Å². The van der Waals surface area contributed by atoms with Gasteiger partial charge in [0.1, 0.15) is 0 Å². The molecule has 0 radical (unpaired) electrons. The molecule has 0 bridgehead atoms. The molecular weight excluding hydrogens is 264 g/mol. The molecular formula is C14H11ClN2O2. The van der Waals surface area contributed by atoms with Gasteiger partial charge in [-0.25, -0.2) is 0 Å². The largest absolute Gasteiger partial charge is 0.398 e. The molecule has 0 fully saturated rings. The van der Waals surface area contributed by atoms with Gasteiger partial charge >= 0.3 is 0 Å². The molecule has 1 amide bonds. The predicted octanol–water partition coefficient (Wildman–Crippen LogP) is 2.25. The number of hydrogen-bond donors (Lipinski definition) is 2. The maximum Gasteiger partial charge on any atom is 0.250 e. The quantitative estimate of drug-likeness (QED) is 0.665. The van der Waals surface area contributed by atoms with E-state index in [1.807, 2.05) is 0 Å². The van der Waals surface area contributed by atoms with E-state index in [-0.39, 0.29) is 16.4 Å². The van der Waals surface area contributed by atoms with Gasteiger partial charge in [-0.3, -0.25) is 9.59 Å². The highest BCUT2D eigenvalue weighted by Crippen LogP contribution is 2.21. The standard InChI is InChI=1S/C14H11ClN2O2/c15-11-7-8(5-6-9(11)14(17)19)13(18)10-3-1-2-4-12(10)16/h1-7H,16H2,(H2,17,19). The topological polar surface area (TPSA) is 86.2 Å². The summed E-state index contributed by atoms with van der Waals surface area (Å²) in [5.74, 6) is -0.890. The van der Waals surface area contributed by atoms with Crippen molar-refractivity contribution in [2.24, 2.45) is 5.73 Å². The number of ketones is 1. The van der Waals surface area contributed by atoms with Crippen molar-refractivity contribution in [3.05, 3.63) is 64.2 Å². The fourth-order valence-electron chi connectivity index (χ4n) is 1.72. The Kier molecular flexibility index (Phi) is 3.53. The second-order valence-electron chi connectivity index (χ2n) is 3.98. The van der Waals surface area contributed by atoms with Gasteiger partial charge in [0.15, 0.2) is 5.78 Å². The summed E-state index contributed by atoms with van der Waals surface area (Å²) in [4.78, 5) is 23.3. The molecule has 4 nitrogen and oxygen atoms in total. The van der Waals surface area contributed by atoms with E-state index >= 15 is 0 Å². The maximum atomic E-state index is 12.2. The molecule has 0 aliphatic carbocycles. The van der Waals surface area contributed by atoms with Crippen molar-refractivity contribution in [3.63, 3.8) is 0 Å². The van der Waals surface area contributed by atoms with Gasteiger partial charge in [0.05, 0.1) is 10.6 Å². The molecule has 2 rings (SSSR count). The number of anilines is 1. The molecule has 0 saturated carbocycles. The third-order valence-electron chi connectivity index (χ3n) is 2.70. The minimum absolute atomic E-state index is 0.146. The molecule has 0 saturated heterocycles. The first kappa shape index (κ1) is 13.1. The van der Waals surface area contributed by atoms with Crippen molar-refractivity contribution >= 4 is 29.0 Å². The minimum atomic E-state index is -0.636. The van der Waals surface area contributed by atoms with Crippen LogP contribution in [0, 0.1) is 0 Å². The summed E-state index contributed by atoms with van der Waals surface area (Å²) < 4.78 is 0. The van der Waals surface area contributed by atoms with E-state index in [1.165, 1.54) is 18.2 Å². The molecule has 5 heteroatoms. The zero-order chi connectivity index (χ0) is 14.0. The monoisotopic (exact) mass is 274 g/mol. The maximum absolute atomic E-state index is 12.2. The smallest absolute Gasteiger partial charge is 0.250 e. The van der Waals surface area contributed by atoms with Crippen LogP contribution in [0.2, 0.25) is 5.02 Å². The number of primary amides is 1. The highest BCUT2D eigenvalue weighted by Gasteiger charge is 2.14. The van der Waals surface area contributed by atoms with Gasteiger partial charge in [0, 0.05) is 16.8 Å². The van der Waals surface area contributed by atoms with E-state index in [9.17, 15) is 9.59 Å². The Hall–Kier alpha value is -2.33. The van der Waals surface area contributed by atoms with E-state index in [4.69, 9.17) is 23.1 Å². The Balaban J connectivity index is 2.43. The van der Waals surface area contributed by atoms with Crippen LogP contribution >= 0.6 is 11.6 Å². The molecule has 0 spiro atoms. The summed E-state index contributed by atoms with van der Waals surface area (Å²) >= 11 is 5.91. The van der Waals surface area contributed by atoms with Crippen LogP contribution in [0.3, 0.4) is 0 Å². The number of para-hydroxylation sites is 1. The zero-order valence-electron chi connectivity index (χ0n) is 9.89. The summed E-state index contributed by atoms with van der Waals surface area (Å²) in [6.07, 6.45) is 0. The Morgan fingerprint density at radius 1 is 1.00 bits per heavy atom. The highest BCUT2D eigenvalue weighted by atomic mass is 35.5. The van der Waals surface area contributed by atoms with Crippen LogP contribution < -0.4 is 11.5 Å². The molecule has 4 N–H and O–H groups in total. The molecule has 96 valence electrons. The number of nitrogens with two attached hydrogens (primary N) is 2. The second-order valence-corrected chi connectivity index (χ2v) is 4.38. The van der Waals surface area contributed by atoms with Crippen LogP contribution in [-0.4, -0.2) is 11.7 Å². The SMILES string of the molecule is NC(=O)c1ccc(C(=O)c2ccccc2N)cc1Cl. The van der Waals surface area contributed by atoms with E-state index in [1.54, 1.807) is 24.3 Å². The second kappa shape index (κ2) is 5.12. The predicted molar refractivity (Wildman–Crippen MR) is 74.3 cm³/mol. The lowest BCUT2D eigenvalue weighted by Crippen LogP contribution is -2.12. The van der Waals surface area contributed by atoms with Crippen molar-refractivity contribution in [1.29, 1.82) is 0 Å². The fourth-order valence-corrected chi connectivity index (χ4v) is 1.99. The Labute approximate surface area is 115 Å². The van der Waals surface area contributed by atoms with Crippen LogP contribution in [0.25, 0.3) is 0 Å². The number of hydrogen-bond acceptors (Lipinski definition) is 3. The van der Waals surface area contributed by atoms with Gasteiger partial charge < -0.3 is 11.5 Å². The van der Waals surface area contributed by atoms with Crippen LogP contribution in [0.15, 0.2) is 42.5 Å². The fraction of sp³-hybridized carbons (Fsp3) is 0. The van der Waals surface area contributed by atoms with Gasteiger partial charge in [0.2, 0.25) is 5.91 Å². The summed E-state index contributed by atoms with van der Waals surface area (Å²) in [6, 6.07) is 11.1. The van der Waals surface area contributed by atoms with Gasteiger partial charge in [-0.05, 0) is 24.3 Å². The van der Waals surface area contributed by atoms with Crippen LogP contribution in [0.5, 0.6) is 0 Å². The van der Waals surface area contributed by atoms with E-state index in [0.29, 0.717) is 16.8 Å². The number of amides is 1. The lowest BCUT2D eigenvalue weighted by molar-refractivity contribution is 0.0997. The highest BCUT2D eigenvalue weighted by molar-refractivity contribution is 6.34. The van der Waals surface area contributed by atoms with Crippen LogP contribution in [-0.2, 0) is 0 Å². The number of carbonyl (C=O) groups excluding carboxylic acids is 2. The van der Waals surface area contributed by atoms with Gasteiger partial charge in [-0.1, -0.05) is 29.8 Å². The Morgan fingerprint density at radius 3 is 2.26 bits per heavy atom. The Bertz CT molecular complexity index is 668. The number of rotatable bonds is 3. The molecule has 0 aliphatic rings.